The summed E-state index contributed by atoms with van der Waals surface area (Å²) in [5.41, 5.74) is 1.46. The molecule has 2 atom stereocenters. The highest BCUT2D eigenvalue weighted by Crippen LogP contribution is 2.39. The van der Waals surface area contributed by atoms with Crippen LogP contribution < -0.4 is 5.32 Å². The Morgan fingerprint density at radius 1 is 1.35 bits per heavy atom. The van der Waals surface area contributed by atoms with Gasteiger partial charge in [-0.2, -0.15) is 5.10 Å². The second-order valence-electron chi connectivity index (χ2n) is 6.30. The third-order valence-electron chi connectivity index (χ3n) is 4.39. The van der Waals surface area contributed by atoms with Crippen molar-refractivity contribution >= 4 is 17.7 Å². The predicted molar refractivity (Wildman–Crippen MR) is 91.6 cm³/mol. The summed E-state index contributed by atoms with van der Waals surface area (Å²) in [7, 11) is 1.27. The first-order chi connectivity index (χ1) is 12.3. The zero-order chi connectivity index (χ0) is 19.0. The standard InChI is InChI=1S/C17H18N4O5/c1-9(2)20-15-12(8-18-20)13(14(21(24)25)16(22)19-15)10-4-6-11(7-5-10)17(23)26-3/h4-9,13-14H,1-3H3,(H,19,22)/t13-,14-/m1/s1. The number of benzene rings is 1. The number of hydrogen-bond acceptors (Lipinski definition) is 6. The summed E-state index contributed by atoms with van der Waals surface area (Å²) in [6, 6.07) is 4.75. The van der Waals surface area contributed by atoms with Gasteiger partial charge >= 0.3 is 17.9 Å². The van der Waals surface area contributed by atoms with Crippen LogP contribution in [0.2, 0.25) is 0 Å². The minimum atomic E-state index is -1.48. The number of fused-ring (bicyclic) bond motifs is 1. The van der Waals surface area contributed by atoms with Crippen LogP contribution in [0.1, 0.15) is 47.3 Å². The molecule has 0 unspecified atom stereocenters. The molecular weight excluding hydrogens is 340 g/mol. The van der Waals surface area contributed by atoms with Gasteiger partial charge in [-0.1, -0.05) is 12.1 Å². The first kappa shape index (κ1) is 17.6. The van der Waals surface area contributed by atoms with Crippen molar-refractivity contribution in [2.75, 3.05) is 12.4 Å². The van der Waals surface area contributed by atoms with E-state index in [9.17, 15) is 19.7 Å². The molecule has 0 saturated carbocycles. The van der Waals surface area contributed by atoms with Crippen molar-refractivity contribution in [3.05, 3.63) is 57.3 Å². The van der Waals surface area contributed by atoms with E-state index < -0.39 is 28.8 Å². The zero-order valence-electron chi connectivity index (χ0n) is 14.5. The minimum absolute atomic E-state index is 0.0199. The van der Waals surface area contributed by atoms with Gasteiger partial charge in [0.05, 0.1) is 24.8 Å². The molecule has 1 aliphatic rings. The van der Waals surface area contributed by atoms with Crippen molar-refractivity contribution < 1.29 is 19.2 Å². The molecule has 1 amide bonds. The maximum Gasteiger partial charge on any atom is 0.337 e. The van der Waals surface area contributed by atoms with Crippen molar-refractivity contribution in [2.45, 2.75) is 31.8 Å². The molecule has 2 aromatic rings. The topological polar surface area (TPSA) is 116 Å². The number of hydrogen-bond donors (Lipinski definition) is 1. The molecule has 1 aliphatic heterocycles. The lowest BCUT2D eigenvalue weighted by Gasteiger charge is -2.27. The summed E-state index contributed by atoms with van der Waals surface area (Å²) in [5.74, 6) is -1.53. The van der Waals surface area contributed by atoms with E-state index >= 15 is 0 Å². The van der Waals surface area contributed by atoms with E-state index in [4.69, 9.17) is 0 Å². The number of esters is 1. The third-order valence-corrected chi connectivity index (χ3v) is 4.39. The molecule has 0 bridgehead atoms. The number of carbonyl (C=O) groups is 2. The number of carbonyl (C=O) groups excluding carboxylic acids is 2. The molecule has 1 aromatic heterocycles. The molecule has 0 fully saturated rings. The highest BCUT2D eigenvalue weighted by atomic mass is 16.6. The van der Waals surface area contributed by atoms with Crippen LogP contribution in [0.4, 0.5) is 5.82 Å². The van der Waals surface area contributed by atoms with Crippen molar-refractivity contribution in [3.63, 3.8) is 0 Å². The Morgan fingerprint density at radius 3 is 2.54 bits per heavy atom. The molecule has 9 nitrogen and oxygen atoms in total. The maximum atomic E-state index is 12.4. The van der Waals surface area contributed by atoms with Crippen LogP contribution in [-0.4, -0.2) is 39.7 Å². The van der Waals surface area contributed by atoms with Crippen LogP contribution in [0, 0.1) is 10.1 Å². The third kappa shape index (κ3) is 2.81. The quantitative estimate of drug-likeness (QED) is 0.507. The molecule has 0 saturated heterocycles. The fraction of sp³-hybridized carbons (Fsp3) is 0.353. The lowest BCUT2D eigenvalue weighted by atomic mass is 9.83. The van der Waals surface area contributed by atoms with Gasteiger partial charge in [0, 0.05) is 16.5 Å². The number of ether oxygens (including phenoxy) is 1. The number of amides is 1. The molecule has 9 heteroatoms. The molecular formula is C17H18N4O5. The van der Waals surface area contributed by atoms with Gasteiger partial charge in [0.1, 0.15) is 5.82 Å². The highest BCUT2D eigenvalue weighted by molar-refractivity contribution is 5.98. The van der Waals surface area contributed by atoms with E-state index in [2.05, 4.69) is 15.2 Å². The Kier molecular flexibility index (Phi) is 4.45. The molecule has 3 rings (SSSR count). The normalized spacial score (nSPS) is 19.0. The number of methoxy groups -OCH3 is 1. The molecule has 26 heavy (non-hydrogen) atoms. The van der Waals surface area contributed by atoms with E-state index in [1.54, 1.807) is 23.0 Å². The molecule has 1 N–H and O–H groups in total. The average Bonchev–Trinajstić information content (AvgIpc) is 3.03. The van der Waals surface area contributed by atoms with Gasteiger partial charge in [0.2, 0.25) is 0 Å². The SMILES string of the molecule is COC(=O)c1ccc([C@@H]2c3cnn(C(C)C)c3NC(=O)[C@@H]2[N+](=O)[O-])cc1. The summed E-state index contributed by atoms with van der Waals surface area (Å²) < 4.78 is 6.28. The van der Waals surface area contributed by atoms with Crippen LogP contribution in [0.5, 0.6) is 0 Å². The fourth-order valence-corrected chi connectivity index (χ4v) is 3.16. The van der Waals surface area contributed by atoms with Gasteiger partial charge in [0.25, 0.3) is 0 Å². The summed E-state index contributed by atoms with van der Waals surface area (Å²) >= 11 is 0. The minimum Gasteiger partial charge on any atom is -0.465 e. The van der Waals surface area contributed by atoms with Crippen molar-refractivity contribution in [3.8, 4) is 0 Å². The molecule has 1 aromatic carbocycles. The van der Waals surface area contributed by atoms with Gasteiger partial charge in [-0.05, 0) is 31.5 Å². The van der Waals surface area contributed by atoms with Crippen LogP contribution in [0.25, 0.3) is 0 Å². The van der Waals surface area contributed by atoms with Gasteiger partial charge in [0.15, 0.2) is 0 Å². The largest absolute Gasteiger partial charge is 0.465 e. The lowest BCUT2D eigenvalue weighted by Crippen LogP contribution is -2.44. The molecule has 0 aliphatic carbocycles. The Labute approximate surface area is 149 Å². The van der Waals surface area contributed by atoms with Crippen molar-refractivity contribution in [1.29, 1.82) is 0 Å². The van der Waals surface area contributed by atoms with E-state index in [0.717, 1.165) is 0 Å². The Bertz CT molecular complexity index is 872. The summed E-state index contributed by atoms with van der Waals surface area (Å²) in [4.78, 5) is 35.0. The molecule has 2 heterocycles. The Balaban J connectivity index is 2.11. The van der Waals surface area contributed by atoms with Crippen LogP contribution in [0.3, 0.4) is 0 Å². The van der Waals surface area contributed by atoms with E-state index in [1.807, 2.05) is 13.8 Å². The molecule has 136 valence electrons. The van der Waals surface area contributed by atoms with Gasteiger partial charge in [-0.3, -0.25) is 14.9 Å². The summed E-state index contributed by atoms with van der Waals surface area (Å²) in [5, 5.41) is 18.4. The Morgan fingerprint density at radius 2 is 2.00 bits per heavy atom. The second kappa shape index (κ2) is 6.58. The first-order valence-electron chi connectivity index (χ1n) is 8.05. The summed E-state index contributed by atoms with van der Waals surface area (Å²) in [6.07, 6.45) is 1.55. The fourth-order valence-electron chi connectivity index (χ4n) is 3.16. The monoisotopic (exact) mass is 358 g/mol. The van der Waals surface area contributed by atoms with Crippen molar-refractivity contribution in [2.24, 2.45) is 0 Å². The molecule has 0 radical (unpaired) electrons. The zero-order valence-corrected chi connectivity index (χ0v) is 14.5. The van der Waals surface area contributed by atoms with Gasteiger partial charge < -0.3 is 10.1 Å². The smallest absolute Gasteiger partial charge is 0.337 e. The highest BCUT2D eigenvalue weighted by Gasteiger charge is 2.47. The number of nitro groups is 1. The van der Waals surface area contributed by atoms with Crippen LogP contribution in [-0.2, 0) is 9.53 Å². The van der Waals surface area contributed by atoms with E-state index in [0.29, 0.717) is 22.5 Å². The van der Waals surface area contributed by atoms with E-state index in [-0.39, 0.29) is 6.04 Å². The van der Waals surface area contributed by atoms with Gasteiger partial charge in [-0.25, -0.2) is 9.48 Å². The Hall–Kier alpha value is -3.23. The second-order valence-corrected chi connectivity index (χ2v) is 6.30. The van der Waals surface area contributed by atoms with E-state index in [1.165, 1.54) is 19.2 Å². The van der Waals surface area contributed by atoms with Gasteiger partial charge in [-0.15, -0.1) is 0 Å². The summed E-state index contributed by atoms with van der Waals surface area (Å²) in [6.45, 7) is 3.80. The lowest BCUT2D eigenvalue weighted by molar-refractivity contribution is -0.509. The maximum absolute atomic E-state index is 12.4. The number of nitrogens with one attached hydrogen (secondary N) is 1. The number of aromatic nitrogens is 2. The van der Waals surface area contributed by atoms with Crippen LogP contribution in [0.15, 0.2) is 30.5 Å². The van der Waals surface area contributed by atoms with Crippen LogP contribution >= 0.6 is 0 Å². The average molecular weight is 358 g/mol. The number of rotatable bonds is 4. The molecule has 0 spiro atoms. The number of nitrogens with zero attached hydrogens (tertiary/aromatic N) is 3. The predicted octanol–water partition coefficient (Wildman–Crippen LogP) is 1.98. The first-order valence-corrected chi connectivity index (χ1v) is 8.05. The number of anilines is 1. The van der Waals surface area contributed by atoms with Crippen molar-refractivity contribution in [1.82, 2.24) is 9.78 Å².